The highest BCUT2D eigenvalue weighted by Crippen LogP contribution is 2.17. The zero-order valence-electron chi connectivity index (χ0n) is 15.7. The Morgan fingerprint density at radius 3 is 2.96 bits per heavy atom. The molecule has 2 aromatic heterocycles. The van der Waals surface area contributed by atoms with Crippen LogP contribution in [0.5, 0.6) is 0 Å². The van der Waals surface area contributed by atoms with Crippen LogP contribution in [0.25, 0.3) is 0 Å². The van der Waals surface area contributed by atoms with Crippen LogP contribution in [0, 0.1) is 19.8 Å². The third-order valence-corrected chi connectivity index (χ3v) is 4.97. The molecular formula is C19H29N5O. The molecule has 0 saturated carbocycles. The first kappa shape index (κ1) is 17.7. The Balaban J connectivity index is 1.54. The van der Waals surface area contributed by atoms with E-state index in [2.05, 4.69) is 45.4 Å². The van der Waals surface area contributed by atoms with Crippen molar-refractivity contribution in [3.8, 4) is 0 Å². The van der Waals surface area contributed by atoms with E-state index in [0.29, 0.717) is 12.3 Å². The average Bonchev–Trinajstić information content (AvgIpc) is 3.10. The van der Waals surface area contributed by atoms with Crippen LogP contribution in [0.15, 0.2) is 12.4 Å². The minimum Gasteiger partial charge on any atom is -0.352 e. The average molecular weight is 343 g/mol. The lowest BCUT2D eigenvalue weighted by molar-refractivity contribution is -0.122. The third-order valence-electron chi connectivity index (χ3n) is 4.97. The van der Waals surface area contributed by atoms with Crippen LogP contribution in [0.1, 0.15) is 49.5 Å². The van der Waals surface area contributed by atoms with Crippen molar-refractivity contribution in [1.82, 2.24) is 24.6 Å². The molecule has 25 heavy (non-hydrogen) atoms. The van der Waals surface area contributed by atoms with Gasteiger partial charge in [-0.1, -0.05) is 13.8 Å². The van der Waals surface area contributed by atoms with Crippen LogP contribution < -0.4 is 5.32 Å². The fourth-order valence-corrected chi connectivity index (χ4v) is 3.64. The van der Waals surface area contributed by atoms with Gasteiger partial charge in [0.2, 0.25) is 5.91 Å². The third kappa shape index (κ3) is 4.11. The molecule has 1 aliphatic rings. The van der Waals surface area contributed by atoms with Gasteiger partial charge in [0.1, 0.15) is 5.82 Å². The summed E-state index contributed by atoms with van der Waals surface area (Å²) in [6.45, 7) is 10.3. The maximum Gasteiger partial charge on any atom is 0.220 e. The van der Waals surface area contributed by atoms with Crippen LogP contribution >= 0.6 is 0 Å². The number of nitrogens with one attached hydrogen (secondary N) is 1. The Bertz CT molecular complexity index is 743. The number of aryl methyl sites for hydroxylation is 2. The SMILES string of the molecule is Cc1nn(CC(C)C)c(C)c1CCC(=O)N[C@H]1CCc2nccn2C1. The van der Waals surface area contributed by atoms with E-state index < -0.39 is 0 Å². The van der Waals surface area contributed by atoms with Crippen LogP contribution in [0.4, 0.5) is 0 Å². The highest BCUT2D eigenvalue weighted by Gasteiger charge is 2.21. The van der Waals surface area contributed by atoms with Crippen LogP contribution in [0.3, 0.4) is 0 Å². The fraction of sp³-hybridized carbons (Fsp3) is 0.632. The number of hydrogen-bond donors (Lipinski definition) is 1. The zero-order chi connectivity index (χ0) is 18.0. The van der Waals surface area contributed by atoms with Crippen molar-refractivity contribution in [1.29, 1.82) is 0 Å². The molecule has 0 bridgehead atoms. The molecule has 0 spiro atoms. The molecule has 0 aliphatic carbocycles. The van der Waals surface area contributed by atoms with Gasteiger partial charge < -0.3 is 9.88 Å². The predicted molar refractivity (Wildman–Crippen MR) is 97.3 cm³/mol. The lowest BCUT2D eigenvalue weighted by Gasteiger charge is -2.24. The Hall–Kier alpha value is -2.11. The molecule has 0 aromatic carbocycles. The summed E-state index contributed by atoms with van der Waals surface area (Å²) < 4.78 is 4.22. The normalized spacial score (nSPS) is 16.9. The van der Waals surface area contributed by atoms with E-state index in [1.165, 1.54) is 11.3 Å². The van der Waals surface area contributed by atoms with Gasteiger partial charge in [0.05, 0.1) is 5.69 Å². The molecule has 2 aromatic rings. The summed E-state index contributed by atoms with van der Waals surface area (Å²) in [5, 5.41) is 7.82. The molecule has 1 amide bonds. The van der Waals surface area contributed by atoms with E-state index in [1.54, 1.807) is 0 Å². The second-order valence-corrected chi connectivity index (χ2v) is 7.52. The lowest BCUT2D eigenvalue weighted by Crippen LogP contribution is -2.41. The summed E-state index contributed by atoms with van der Waals surface area (Å²) >= 11 is 0. The second kappa shape index (κ2) is 7.42. The van der Waals surface area contributed by atoms with Crippen LogP contribution in [0.2, 0.25) is 0 Å². The van der Waals surface area contributed by atoms with Crippen LogP contribution in [-0.2, 0) is 30.7 Å². The van der Waals surface area contributed by atoms with Crippen molar-refractivity contribution in [2.75, 3.05) is 0 Å². The molecule has 0 fully saturated rings. The largest absolute Gasteiger partial charge is 0.352 e. The molecular weight excluding hydrogens is 314 g/mol. The minimum absolute atomic E-state index is 0.129. The first-order valence-corrected chi connectivity index (χ1v) is 9.26. The van der Waals surface area contributed by atoms with Gasteiger partial charge in [-0.15, -0.1) is 0 Å². The minimum atomic E-state index is 0.129. The number of aromatic nitrogens is 4. The maximum absolute atomic E-state index is 12.4. The Morgan fingerprint density at radius 2 is 2.20 bits per heavy atom. The summed E-state index contributed by atoms with van der Waals surface area (Å²) in [5.74, 6) is 1.81. The molecule has 1 N–H and O–H groups in total. The van der Waals surface area contributed by atoms with E-state index in [1.807, 2.05) is 19.3 Å². The second-order valence-electron chi connectivity index (χ2n) is 7.52. The van der Waals surface area contributed by atoms with Gasteiger partial charge in [-0.2, -0.15) is 5.10 Å². The quantitative estimate of drug-likeness (QED) is 0.876. The summed E-state index contributed by atoms with van der Waals surface area (Å²) in [6.07, 6.45) is 6.99. The number of nitrogens with zero attached hydrogens (tertiary/aromatic N) is 4. The molecule has 0 unspecified atom stereocenters. The van der Waals surface area contributed by atoms with Gasteiger partial charge in [-0.05, 0) is 38.2 Å². The number of carbonyl (C=O) groups is 1. The van der Waals surface area contributed by atoms with Crippen molar-refractivity contribution < 1.29 is 4.79 Å². The monoisotopic (exact) mass is 343 g/mol. The van der Waals surface area contributed by atoms with E-state index in [4.69, 9.17) is 0 Å². The van der Waals surface area contributed by atoms with Gasteiger partial charge in [0.15, 0.2) is 0 Å². The summed E-state index contributed by atoms with van der Waals surface area (Å²) in [6, 6.07) is 0.208. The van der Waals surface area contributed by atoms with E-state index in [-0.39, 0.29) is 11.9 Å². The molecule has 6 heteroatoms. The first-order chi connectivity index (χ1) is 11.9. The number of hydrogen-bond acceptors (Lipinski definition) is 3. The topological polar surface area (TPSA) is 64.7 Å². The molecule has 1 atom stereocenters. The Labute approximate surface area is 149 Å². The van der Waals surface area contributed by atoms with Crippen LogP contribution in [-0.4, -0.2) is 31.3 Å². The number of amides is 1. The predicted octanol–water partition coefficient (Wildman–Crippen LogP) is 2.42. The van der Waals surface area contributed by atoms with Crippen molar-refractivity contribution in [3.63, 3.8) is 0 Å². The van der Waals surface area contributed by atoms with Crippen molar-refractivity contribution in [2.45, 2.75) is 72.5 Å². The van der Waals surface area contributed by atoms with Crippen molar-refractivity contribution >= 4 is 5.91 Å². The van der Waals surface area contributed by atoms with Gasteiger partial charge in [0.25, 0.3) is 0 Å². The fourth-order valence-electron chi connectivity index (χ4n) is 3.64. The molecule has 6 nitrogen and oxygen atoms in total. The highest BCUT2D eigenvalue weighted by molar-refractivity contribution is 5.76. The smallest absolute Gasteiger partial charge is 0.220 e. The summed E-state index contributed by atoms with van der Waals surface area (Å²) in [7, 11) is 0. The number of carbonyl (C=O) groups excluding carboxylic acids is 1. The summed E-state index contributed by atoms with van der Waals surface area (Å²) in [4.78, 5) is 16.7. The molecule has 0 radical (unpaired) electrons. The van der Waals surface area contributed by atoms with Gasteiger partial charge in [0, 0.05) is 50.1 Å². The lowest BCUT2D eigenvalue weighted by atomic mass is 10.1. The maximum atomic E-state index is 12.4. The van der Waals surface area contributed by atoms with Crippen molar-refractivity contribution in [2.24, 2.45) is 5.92 Å². The van der Waals surface area contributed by atoms with Gasteiger partial charge in [-0.25, -0.2) is 4.98 Å². The van der Waals surface area contributed by atoms with E-state index in [9.17, 15) is 4.79 Å². The zero-order valence-corrected chi connectivity index (χ0v) is 15.7. The Morgan fingerprint density at radius 1 is 1.40 bits per heavy atom. The van der Waals surface area contributed by atoms with Crippen molar-refractivity contribution in [3.05, 3.63) is 35.2 Å². The molecule has 3 heterocycles. The van der Waals surface area contributed by atoms with E-state index in [0.717, 1.165) is 43.9 Å². The Kier molecular flexibility index (Phi) is 5.25. The standard InChI is InChI=1S/C19H29N5O/c1-13(2)11-24-15(4)17(14(3)22-24)6-8-19(25)21-16-5-7-18-20-9-10-23(18)12-16/h9-10,13,16H,5-8,11-12H2,1-4H3,(H,21,25)/t16-/m0/s1. The number of fused-ring (bicyclic) bond motifs is 1. The van der Waals surface area contributed by atoms with Gasteiger partial charge >= 0.3 is 0 Å². The molecule has 136 valence electrons. The number of imidazole rings is 1. The number of rotatable bonds is 6. The molecule has 1 aliphatic heterocycles. The summed E-state index contributed by atoms with van der Waals surface area (Å²) in [5.41, 5.74) is 3.46. The molecule has 3 rings (SSSR count). The first-order valence-electron chi connectivity index (χ1n) is 9.26. The van der Waals surface area contributed by atoms with E-state index >= 15 is 0 Å². The highest BCUT2D eigenvalue weighted by atomic mass is 16.1. The van der Waals surface area contributed by atoms with Gasteiger partial charge in [-0.3, -0.25) is 9.48 Å². The molecule has 0 saturated heterocycles.